The summed E-state index contributed by atoms with van der Waals surface area (Å²) in [6.07, 6.45) is 21.3. The van der Waals surface area contributed by atoms with Gasteiger partial charge in [-0.25, -0.2) is 0 Å². The summed E-state index contributed by atoms with van der Waals surface area (Å²) in [5, 5.41) is 0. The quantitative estimate of drug-likeness (QED) is 0.100. The van der Waals surface area contributed by atoms with E-state index in [1.165, 1.54) is 73.2 Å². The molecule has 0 nitrogen and oxygen atoms in total. The van der Waals surface area contributed by atoms with Crippen LogP contribution in [0, 0.1) is 11.3 Å². The number of rotatable bonds is 12. The van der Waals surface area contributed by atoms with Gasteiger partial charge in [0, 0.05) is 5.92 Å². The Labute approximate surface area is 339 Å². The fourth-order valence-electron chi connectivity index (χ4n) is 9.52. The maximum absolute atomic E-state index is 2.60. The molecule has 3 aliphatic carbocycles. The Morgan fingerprint density at radius 1 is 0.732 bits per heavy atom. The van der Waals surface area contributed by atoms with Crippen LogP contribution in [0.4, 0.5) is 0 Å². The molecular weight excluding hydrogens is 673 g/mol. The van der Waals surface area contributed by atoms with Crippen molar-refractivity contribution in [2.75, 3.05) is 0 Å². The van der Waals surface area contributed by atoms with Gasteiger partial charge in [0.25, 0.3) is 0 Å². The minimum absolute atomic E-state index is 0.0357. The molecule has 0 saturated heterocycles. The van der Waals surface area contributed by atoms with Gasteiger partial charge < -0.3 is 0 Å². The second kappa shape index (κ2) is 16.1. The third kappa shape index (κ3) is 7.70. The summed E-state index contributed by atoms with van der Waals surface area (Å²) < 4.78 is 0. The smallest absolute Gasteiger partial charge is 0.0526 e. The van der Waals surface area contributed by atoms with Crippen molar-refractivity contribution >= 4 is 11.1 Å². The summed E-state index contributed by atoms with van der Waals surface area (Å²) in [6, 6.07) is 39.4. The van der Waals surface area contributed by atoms with E-state index < -0.39 is 5.41 Å². The third-order valence-corrected chi connectivity index (χ3v) is 12.9. The number of fused-ring (bicyclic) bond motifs is 2. The van der Waals surface area contributed by atoms with E-state index in [0.29, 0.717) is 5.92 Å². The minimum atomic E-state index is -0.405. The van der Waals surface area contributed by atoms with Gasteiger partial charge in [-0.3, -0.25) is 0 Å². The lowest BCUT2D eigenvalue weighted by atomic mass is 9.57. The standard InChI is InChI=1S/C56H64/c1-39(2)52-49-35-34-46(55(7,8)9)38-50(49)53(51(52)36-40(3)54(4,5)6)56(44-25-16-12-17-26-44,45-27-18-13-19-28-45)47-33-30-41(37-47)22-14-10-11-15-23-42-31-32-43-24-20-21-29-48(42)43/h11-13,15-21,24-31,33-36,38-39,53H,10,14,22-23,32,37H2,1-9H3. The first-order valence-corrected chi connectivity index (χ1v) is 21.3. The van der Waals surface area contributed by atoms with Crippen LogP contribution in [0.5, 0.6) is 0 Å². The van der Waals surface area contributed by atoms with Crippen LogP contribution in [0.15, 0.2) is 162 Å². The summed E-state index contributed by atoms with van der Waals surface area (Å²) in [4.78, 5) is 0. The highest BCUT2D eigenvalue weighted by atomic mass is 14.5. The number of allylic oxidation sites excluding steroid dienone is 12. The molecule has 0 spiro atoms. The zero-order valence-corrected chi connectivity index (χ0v) is 35.7. The Bertz CT molecular complexity index is 2190. The van der Waals surface area contributed by atoms with Crippen molar-refractivity contribution in [2.45, 2.75) is 118 Å². The highest BCUT2D eigenvalue weighted by Gasteiger charge is 2.51. The van der Waals surface area contributed by atoms with Gasteiger partial charge in [-0.05, 0) is 118 Å². The molecule has 1 unspecified atom stereocenters. The molecule has 0 amide bonds. The fraction of sp³-hybridized carbons (Fsp3) is 0.357. The van der Waals surface area contributed by atoms with Gasteiger partial charge in [0.1, 0.15) is 0 Å². The van der Waals surface area contributed by atoms with Gasteiger partial charge in [0.05, 0.1) is 5.41 Å². The van der Waals surface area contributed by atoms with Gasteiger partial charge in [-0.2, -0.15) is 0 Å². The van der Waals surface area contributed by atoms with Gasteiger partial charge in [0.2, 0.25) is 0 Å². The molecule has 0 N–H and O–H groups in total. The van der Waals surface area contributed by atoms with Crippen molar-refractivity contribution in [3.05, 3.63) is 201 Å². The van der Waals surface area contributed by atoms with Crippen LogP contribution in [-0.2, 0) is 17.3 Å². The average molecular weight is 737 g/mol. The van der Waals surface area contributed by atoms with Crippen molar-refractivity contribution in [3.8, 4) is 0 Å². The van der Waals surface area contributed by atoms with Crippen molar-refractivity contribution in [3.63, 3.8) is 0 Å². The van der Waals surface area contributed by atoms with Crippen LogP contribution in [0.3, 0.4) is 0 Å². The summed E-state index contributed by atoms with van der Waals surface area (Å²) in [5.41, 5.74) is 18.6. The first kappa shape index (κ1) is 39.6. The first-order chi connectivity index (χ1) is 26.8. The van der Waals surface area contributed by atoms with E-state index >= 15 is 0 Å². The lowest BCUT2D eigenvalue weighted by Gasteiger charge is -2.44. The van der Waals surface area contributed by atoms with E-state index in [9.17, 15) is 0 Å². The maximum atomic E-state index is 2.60. The number of hydrogen-bond acceptors (Lipinski definition) is 0. The van der Waals surface area contributed by atoms with Crippen molar-refractivity contribution in [1.29, 1.82) is 0 Å². The van der Waals surface area contributed by atoms with Crippen LogP contribution < -0.4 is 0 Å². The monoisotopic (exact) mass is 737 g/mol. The average Bonchev–Trinajstić information content (AvgIpc) is 3.90. The first-order valence-electron chi connectivity index (χ1n) is 21.3. The molecule has 0 heteroatoms. The predicted octanol–water partition coefficient (Wildman–Crippen LogP) is 15.5. The van der Waals surface area contributed by atoms with E-state index in [1.54, 1.807) is 5.57 Å². The molecule has 4 aromatic carbocycles. The molecule has 0 radical (unpaired) electrons. The molecule has 0 aromatic heterocycles. The van der Waals surface area contributed by atoms with Crippen molar-refractivity contribution in [2.24, 2.45) is 11.3 Å². The topological polar surface area (TPSA) is 0 Å². The van der Waals surface area contributed by atoms with Crippen molar-refractivity contribution < 1.29 is 0 Å². The molecule has 1 atom stereocenters. The van der Waals surface area contributed by atoms with Gasteiger partial charge in [-0.1, -0.05) is 212 Å². The Morgan fingerprint density at radius 2 is 1.39 bits per heavy atom. The Morgan fingerprint density at radius 3 is 2.04 bits per heavy atom. The molecule has 0 fully saturated rings. The summed E-state index contributed by atoms with van der Waals surface area (Å²) >= 11 is 0. The Kier molecular flexibility index (Phi) is 11.3. The lowest BCUT2D eigenvalue weighted by Crippen LogP contribution is -2.37. The third-order valence-electron chi connectivity index (χ3n) is 12.9. The summed E-state index contributed by atoms with van der Waals surface area (Å²) in [5.74, 6) is 0.484. The van der Waals surface area contributed by atoms with Crippen molar-refractivity contribution in [1.82, 2.24) is 0 Å². The second-order valence-corrected chi connectivity index (χ2v) is 19.0. The molecular formula is C56H64. The van der Waals surface area contributed by atoms with Crippen LogP contribution in [0.2, 0.25) is 0 Å². The SMILES string of the molecule is CC(=CC1=C(C(C)C)c2ccc(C(C)(C)C)cc2C1C(C1=CC=C(CCCC=CCC2=CCc3ccccc32)C1)(c1ccccc1)c1ccccc1)C(C)(C)C. The van der Waals surface area contributed by atoms with E-state index in [1.807, 2.05) is 0 Å². The highest BCUT2D eigenvalue weighted by Crippen LogP contribution is 2.61. The van der Waals surface area contributed by atoms with E-state index in [2.05, 4.69) is 202 Å². The highest BCUT2D eigenvalue weighted by molar-refractivity contribution is 5.84. The van der Waals surface area contributed by atoms with E-state index in [4.69, 9.17) is 0 Å². The minimum Gasteiger partial charge on any atom is -0.0882 e. The lowest BCUT2D eigenvalue weighted by molar-refractivity contribution is 0.496. The molecule has 7 rings (SSSR count). The fourth-order valence-corrected chi connectivity index (χ4v) is 9.52. The zero-order chi connectivity index (χ0) is 39.7. The summed E-state index contributed by atoms with van der Waals surface area (Å²) in [6.45, 7) is 21.3. The van der Waals surface area contributed by atoms with Crippen LogP contribution in [0.1, 0.15) is 139 Å². The number of hydrogen-bond donors (Lipinski definition) is 0. The predicted molar refractivity (Wildman–Crippen MR) is 243 cm³/mol. The molecule has 0 saturated carbocycles. The molecule has 288 valence electrons. The van der Waals surface area contributed by atoms with E-state index in [-0.39, 0.29) is 16.7 Å². The molecule has 0 aliphatic heterocycles. The van der Waals surface area contributed by atoms with Crippen LogP contribution >= 0.6 is 0 Å². The van der Waals surface area contributed by atoms with Crippen LogP contribution in [-0.4, -0.2) is 0 Å². The molecule has 56 heavy (non-hydrogen) atoms. The molecule has 0 bridgehead atoms. The number of benzene rings is 4. The zero-order valence-electron chi connectivity index (χ0n) is 35.7. The maximum Gasteiger partial charge on any atom is 0.0526 e. The number of unbranched alkanes of at least 4 members (excludes halogenated alkanes) is 1. The van der Waals surface area contributed by atoms with Gasteiger partial charge in [-0.15, -0.1) is 0 Å². The normalized spacial score (nSPS) is 17.4. The largest absolute Gasteiger partial charge is 0.0882 e. The Balaban J connectivity index is 1.29. The molecule has 3 aliphatic rings. The van der Waals surface area contributed by atoms with E-state index in [0.717, 1.165) is 32.1 Å². The van der Waals surface area contributed by atoms with Crippen LogP contribution in [0.25, 0.3) is 11.1 Å². The molecule has 4 aromatic rings. The Hall–Kier alpha value is -4.68. The van der Waals surface area contributed by atoms with Gasteiger partial charge >= 0.3 is 0 Å². The second-order valence-electron chi connectivity index (χ2n) is 19.0. The molecule has 0 heterocycles. The van der Waals surface area contributed by atoms with Gasteiger partial charge in [0.15, 0.2) is 0 Å². The summed E-state index contributed by atoms with van der Waals surface area (Å²) in [7, 11) is 0.